The van der Waals surface area contributed by atoms with E-state index in [0.29, 0.717) is 23.9 Å². The van der Waals surface area contributed by atoms with Crippen molar-refractivity contribution in [2.24, 2.45) is 0 Å². The Morgan fingerprint density at radius 1 is 1.47 bits per heavy atom. The number of methoxy groups -OCH3 is 1. The third kappa shape index (κ3) is 3.62. The maximum Gasteiger partial charge on any atom is 0.137 e. The number of benzene rings is 1. The minimum absolute atomic E-state index is 0.0786. The Bertz CT molecular complexity index is 542. The maximum absolute atomic E-state index is 8.81. The zero-order valence-corrected chi connectivity index (χ0v) is 11.4. The van der Waals surface area contributed by atoms with Crippen LogP contribution in [-0.2, 0) is 13.1 Å². The van der Waals surface area contributed by atoms with Gasteiger partial charge in [0.1, 0.15) is 5.75 Å². The van der Waals surface area contributed by atoms with E-state index in [-0.39, 0.29) is 6.61 Å². The van der Waals surface area contributed by atoms with E-state index in [1.165, 1.54) is 0 Å². The molecule has 1 aromatic carbocycles. The molecule has 0 aliphatic rings. The first-order valence-electron chi connectivity index (χ1n) is 5.92. The highest BCUT2D eigenvalue weighted by Crippen LogP contribution is 2.25. The Morgan fingerprint density at radius 2 is 2.32 bits per heavy atom. The molecule has 0 saturated heterocycles. The molecule has 5 nitrogen and oxygen atoms in total. The zero-order chi connectivity index (χ0) is 13.7. The van der Waals surface area contributed by atoms with Crippen LogP contribution in [0.25, 0.3) is 0 Å². The number of aliphatic hydroxyl groups is 1. The van der Waals surface area contributed by atoms with Crippen molar-refractivity contribution in [3.05, 3.63) is 41.2 Å². The summed E-state index contributed by atoms with van der Waals surface area (Å²) in [5.41, 5.74) is 1.96. The summed E-state index contributed by atoms with van der Waals surface area (Å²) >= 11 is 6.06. The predicted octanol–water partition coefficient (Wildman–Crippen LogP) is 2.15. The Morgan fingerprint density at radius 3 is 3.00 bits per heavy atom. The topological polar surface area (TPSA) is 59.3 Å². The Hall–Kier alpha value is -1.72. The molecule has 0 aliphatic carbocycles. The number of aliphatic hydroxyl groups excluding tert-OH is 1. The number of nitrogens with one attached hydrogen (secondary N) is 1. The molecule has 2 rings (SSSR count). The number of ether oxygens (including phenoxy) is 1. The minimum Gasteiger partial charge on any atom is -0.495 e. The van der Waals surface area contributed by atoms with Gasteiger partial charge in [-0.2, -0.15) is 5.10 Å². The molecule has 0 spiro atoms. The van der Waals surface area contributed by atoms with E-state index in [4.69, 9.17) is 21.4 Å². The van der Waals surface area contributed by atoms with E-state index >= 15 is 0 Å². The number of halogens is 1. The molecule has 1 aromatic heterocycles. The molecule has 6 heteroatoms. The Balaban J connectivity index is 1.95. The fraction of sp³-hybridized carbons (Fsp3) is 0.308. The van der Waals surface area contributed by atoms with Gasteiger partial charge in [0.25, 0.3) is 0 Å². The van der Waals surface area contributed by atoms with Crippen molar-refractivity contribution < 1.29 is 9.84 Å². The molecule has 2 aromatic rings. The van der Waals surface area contributed by atoms with Gasteiger partial charge in [-0.25, -0.2) is 0 Å². The highest BCUT2D eigenvalue weighted by atomic mass is 35.5. The lowest BCUT2D eigenvalue weighted by atomic mass is 10.2. The lowest BCUT2D eigenvalue weighted by Crippen LogP contribution is -2.02. The normalized spacial score (nSPS) is 10.5. The van der Waals surface area contributed by atoms with Crippen LogP contribution in [0.4, 0.5) is 5.69 Å². The molecule has 0 fully saturated rings. The number of anilines is 1. The van der Waals surface area contributed by atoms with E-state index in [0.717, 1.165) is 11.3 Å². The monoisotopic (exact) mass is 281 g/mol. The Kier molecular flexibility index (Phi) is 4.65. The molecule has 19 heavy (non-hydrogen) atoms. The molecule has 0 radical (unpaired) electrons. The van der Waals surface area contributed by atoms with Gasteiger partial charge in [0.05, 0.1) is 37.2 Å². The molecule has 0 atom stereocenters. The fourth-order valence-electron chi connectivity index (χ4n) is 1.70. The van der Waals surface area contributed by atoms with E-state index < -0.39 is 0 Å². The van der Waals surface area contributed by atoms with Crippen LogP contribution >= 0.6 is 11.6 Å². The van der Waals surface area contributed by atoms with Crippen molar-refractivity contribution in [1.82, 2.24) is 9.78 Å². The van der Waals surface area contributed by atoms with Gasteiger partial charge in [0.15, 0.2) is 0 Å². The summed E-state index contributed by atoms with van der Waals surface area (Å²) in [4.78, 5) is 0. The summed E-state index contributed by atoms with van der Waals surface area (Å²) in [6.07, 6.45) is 3.57. The molecular weight excluding hydrogens is 266 g/mol. The quantitative estimate of drug-likeness (QED) is 0.852. The minimum atomic E-state index is 0.0786. The standard InChI is InChI=1S/C13H16ClN3O2/c1-19-13-3-2-10(6-12(13)14)7-15-11-8-16-17(9-11)4-5-18/h2-3,6,8-9,15,18H,4-5,7H2,1H3. The van der Waals surface area contributed by atoms with Crippen molar-refractivity contribution in [1.29, 1.82) is 0 Å². The number of aromatic nitrogens is 2. The van der Waals surface area contributed by atoms with Gasteiger partial charge in [-0.15, -0.1) is 0 Å². The van der Waals surface area contributed by atoms with Crippen molar-refractivity contribution in [3.8, 4) is 5.75 Å². The van der Waals surface area contributed by atoms with Crippen LogP contribution in [0, 0.1) is 0 Å². The first kappa shape index (κ1) is 13.7. The van der Waals surface area contributed by atoms with Gasteiger partial charge in [-0.3, -0.25) is 4.68 Å². The van der Waals surface area contributed by atoms with Crippen molar-refractivity contribution >= 4 is 17.3 Å². The van der Waals surface area contributed by atoms with Gasteiger partial charge in [-0.1, -0.05) is 17.7 Å². The number of hydrogen-bond acceptors (Lipinski definition) is 4. The molecule has 2 N–H and O–H groups in total. The Labute approximate surface area is 116 Å². The molecule has 0 amide bonds. The van der Waals surface area contributed by atoms with Crippen LogP contribution in [0.15, 0.2) is 30.6 Å². The summed E-state index contributed by atoms with van der Waals surface area (Å²) in [6.45, 7) is 1.22. The van der Waals surface area contributed by atoms with Gasteiger partial charge in [0, 0.05) is 12.7 Å². The van der Waals surface area contributed by atoms with Crippen LogP contribution in [0.5, 0.6) is 5.75 Å². The van der Waals surface area contributed by atoms with Crippen LogP contribution in [0.2, 0.25) is 5.02 Å². The molecule has 0 bridgehead atoms. The lowest BCUT2D eigenvalue weighted by molar-refractivity contribution is 0.269. The summed E-state index contributed by atoms with van der Waals surface area (Å²) in [7, 11) is 1.59. The van der Waals surface area contributed by atoms with E-state index in [1.54, 1.807) is 18.0 Å². The summed E-state index contributed by atoms with van der Waals surface area (Å²) in [5.74, 6) is 0.668. The third-order valence-electron chi connectivity index (χ3n) is 2.68. The van der Waals surface area contributed by atoms with Gasteiger partial charge in [-0.05, 0) is 17.7 Å². The second kappa shape index (κ2) is 6.45. The van der Waals surface area contributed by atoms with Crippen molar-refractivity contribution in [2.45, 2.75) is 13.1 Å². The molecule has 0 aliphatic heterocycles. The second-order valence-electron chi connectivity index (χ2n) is 4.04. The first-order chi connectivity index (χ1) is 9.22. The smallest absolute Gasteiger partial charge is 0.137 e. The average Bonchev–Trinajstić information content (AvgIpc) is 2.85. The van der Waals surface area contributed by atoms with E-state index in [9.17, 15) is 0 Å². The summed E-state index contributed by atoms with van der Waals surface area (Å²) < 4.78 is 6.79. The van der Waals surface area contributed by atoms with Crippen LogP contribution in [0.3, 0.4) is 0 Å². The maximum atomic E-state index is 8.81. The predicted molar refractivity (Wildman–Crippen MR) is 74.6 cm³/mol. The first-order valence-corrected chi connectivity index (χ1v) is 6.30. The van der Waals surface area contributed by atoms with Crippen molar-refractivity contribution in [3.63, 3.8) is 0 Å². The summed E-state index contributed by atoms with van der Waals surface area (Å²) in [5, 5.41) is 16.8. The number of nitrogens with zero attached hydrogens (tertiary/aromatic N) is 2. The zero-order valence-electron chi connectivity index (χ0n) is 10.6. The van der Waals surface area contributed by atoms with Crippen LogP contribution in [0.1, 0.15) is 5.56 Å². The number of rotatable bonds is 6. The van der Waals surface area contributed by atoms with Crippen LogP contribution in [-0.4, -0.2) is 28.6 Å². The highest BCUT2D eigenvalue weighted by molar-refractivity contribution is 6.32. The average molecular weight is 282 g/mol. The van der Waals surface area contributed by atoms with Gasteiger partial charge in [0.2, 0.25) is 0 Å². The van der Waals surface area contributed by atoms with Gasteiger partial charge >= 0.3 is 0 Å². The molecular formula is C13H16ClN3O2. The largest absolute Gasteiger partial charge is 0.495 e. The number of hydrogen-bond donors (Lipinski definition) is 2. The SMILES string of the molecule is COc1ccc(CNc2cnn(CCO)c2)cc1Cl. The van der Waals surface area contributed by atoms with Crippen molar-refractivity contribution in [2.75, 3.05) is 19.0 Å². The second-order valence-corrected chi connectivity index (χ2v) is 4.45. The molecule has 0 saturated carbocycles. The molecule has 1 heterocycles. The molecule has 102 valence electrons. The van der Waals surface area contributed by atoms with Crippen LogP contribution < -0.4 is 10.1 Å². The lowest BCUT2D eigenvalue weighted by Gasteiger charge is -2.07. The van der Waals surface area contributed by atoms with Gasteiger partial charge < -0.3 is 15.2 Å². The summed E-state index contributed by atoms with van der Waals surface area (Å²) in [6, 6.07) is 5.66. The fourth-order valence-corrected chi connectivity index (χ4v) is 1.98. The molecule has 0 unspecified atom stereocenters. The highest BCUT2D eigenvalue weighted by Gasteiger charge is 2.02. The van der Waals surface area contributed by atoms with E-state index in [2.05, 4.69) is 10.4 Å². The third-order valence-corrected chi connectivity index (χ3v) is 2.97. The van der Waals surface area contributed by atoms with E-state index in [1.807, 2.05) is 24.4 Å².